The van der Waals surface area contributed by atoms with Crippen LogP contribution in [0.5, 0.6) is 0 Å². The quantitative estimate of drug-likeness (QED) is 0.739. The van der Waals surface area contributed by atoms with Crippen molar-refractivity contribution in [2.24, 2.45) is 0 Å². The zero-order valence-corrected chi connectivity index (χ0v) is 9.85. The fourth-order valence-electron chi connectivity index (χ4n) is 1.80. The maximum Gasteiger partial charge on any atom is 0.291 e. The third-order valence-corrected chi connectivity index (χ3v) is 2.73. The predicted octanol–water partition coefficient (Wildman–Crippen LogP) is 2.95. The summed E-state index contributed by atoms with van der Waals surface area (Å²) in [6, 6.07) is 13.3. The first-order valence-corrected chi connectivity index (χ1v) is 5.75. The van der Waals surface area contributed by atoms with Crippen molar-refractivity contribution in [3.05, 3.63) is 60.2 Å². The molecule has 1 heterocycles. The molecule has 0 saturated carbocycles. The molecule has 94 valence electrons. The van der Waals surface area contributed by atoms with Gasteiger partial charge in [0.25, 0.3) is 5.91 Å². The Labute approximate surface area is 108 Å². The molecule has 3 aromatic rings. The van der Waals surface area contributed by atoms with Crippen LogP contribution in [0.1, 0.15) is 10.6 Å². The Kier molecular flexibility index (Phi) is 2.72. The first-order valence-electron chi connectivity index (χ1n) is 5.75. The summed E-state index contributed by atoms with van der Waals surface area (Å²) in [5.74, 6) is -0.794. The molecule has 19 heavy (non-hydrogen) atoms. The summed E-state index contributed by atoms with van der Waals surface area (Å²) >= 11 is 0. The Morgan fingerprint density at radius 2 is 1.84 bits per heavy atom. The van der Waals surface area contributed by atoms with Crippen LogP contribution < -0.4 is 5.32 Å². The van der Waals surface area contributed by atoms with Crippen molar-refractivity contribution in [2.75, 3.05) is 5.32 Å². The predicted molar refractivity (Wildman–Crippen MR) is 70.4 cm³/mol. The standard InChI is InChI=1S/C14H10FN3O/c15-9-5-1-2-6-10(9)18-14(19)13-16-11-7-3-4-8-12(11)17-13/h1-8H,(H,16,17)(H,18,19). The van der Waals surface area contributed by atoms with Gasteiger partial charge < -0.3 is 10.3 Å². The van der Waals surface area contributed by atoms with Gasteiger partial charge in [0.2, 0.25) is 0 Å². The van der Waals surface area contributed by atoms with Gasteiger partial charge in [0.15, 0.2) is 5.82 Å². The maximum absolute atomic E-state index is 13.4. The number of nitrogens with zero attached hydrogens (tertiary/aromatic N) is 1. The second-order valence-corrected chi connectivity index (χ2v) is 4.04. The highest BCUT2D eigenvalue weighted by Gasteiger charge is 2.12. The molecule has 5 heteroatoms. The Balaban J connectivity index is 1.90. The summed E-state index contributed by atoms with van der Waals surface area (Å²) in [6.07, 6.45) is 0. The van der Waals surface area contributed by atoms with Gasteiger partial charge in [-0.2, -0.15) is 0 Å². The van der Waals surface area contributed by atoms with Gasteiger partial charge in [0.1, 0.15) is 5.82 Å². The van der Waals surface area contributed by atoms with Crippen molar-refractivity contribution in [1.29, 1.82) is 0 Å². The van der Waals surface area contributed by atoms with Gasteiger partial charge in [0.05, 0.1) is 16.7 Å². The Hall–Kier alpha value is -2.69. The second kappa shape index (κ2) is 4.53. The Morgan fingerprint density at radius 1 is 1.11 bits per heavy atom. The van der Waals surface area contributed by atoms with Crippen LogP contribution in [0.25, 0.3) is 11.0 Å². The van der Waals surface area contributed by atoms with Gasteiger partial charge in [-0.25, -0.2) is 9.37 Å². The molecule has 0 bridgehead atoms. The van der Waals surface area contributed by atoms with E-state index in [0.717, 1.165) is 5.52 Å². The minimum atomic E-state index is -0.480. The number of benzene rings is 2. The lowest BCUT2D eigenvalue weighted by Gasteiger charge is -2.03. The van der Waals surface area contributed by atoms with Gasteiger partial charge in [0, 0.05) is 0 Å². The molecule has 1 aromatic heterocycles. The number of hydrogen-bond donors (Lipinski definition) is 2. The van der Waals surface area contributed by atoms with Gasteiger partial charge in [-0.3, -0.25) is 4.79 Å². The van der Waals surface area contributed by atoms with Crippen LogP contribution in [0, 0.1) is 5.82 Å². The smallest absolute Gasteiger partial charge is 0.291 e. The van der Waals surface area contributed by atoms with Crippen LogP contribution in [-0.2, 0) is 0 Å². The normalized spacial score (nSPS) is 10.6. The van der Waals surface area contributed by atoms with Crippen molar-refractivity contribution in [2.45, 2.75) is 0 Å². The number of carbonyl (C=O) groups excluding carboxylic acids is 1. The summed E-state index contributed by atoms with van der Waals surface area (Å²) < 4.78 is 13.4. The largest absolute Gasteiger partial charge is 0.334 e. The van der Waals surface area contributed by atoms with E-state index in [1.807, 2.05) is 18.2 Å². The molecule has 3 rings (SSSR count). The van der Waals surface area contributed by atoms with E-state index in [1.165, 1.54) is 12.1 Å². The minimum Gasteiger partial charge on any atom is -0.334 e. The van der Waals surface area contributed by atoms with Gasteiger partial charge in [-0.05, 0) is 24.3 Å². The van der Waals surface area contributed by atoms with E-state index in [-0.39, 0.29) is 11.5 Å². The molecule has 0 atom stereocenters. The van der Waals surface area contributed by atoms with E-state index in [9.17, 15) is 9.18 Å². The SMILES string of the molecule is O=C(Nc1ccccc1F)c1nc2ccccc2[nH]1. The summed E-state index contributed by atoms with van der Waals surface area (Å²) in [7, 11) is 0. The maximum atomic E-state index is 13.4. The summed E-state index contributed by atoms with van der Waals surface area (Å²) in [5.41, 5.74) is 1.59. The molecular formula is C14H10FN3O. The molecule has 0 unspecified atom stereocenters. The van der Waals surface area contributed by atoms with E-state index < -0.39 is 11.7 Å². The number of anilines is 1. The number of aromatic nitrogens is 2. The van der Waals surface area contributed by atoms with Crippen molar-refractivity contribution in [3.63, 3.8) is 0 Å². The van der Waals surface area contributed by atoms with Crippen LogP contribution in [0.3, 0.4) is 0 Å². The number of halogens is 1. The molecule has 2 N–H and O–H groups in total. The zero-order chi connectivity index (χ0) is 13.2. The lowest BCUT2D eigenvalue weighted by molar-refractivity contribution is 0.101. The zero-order valence-electron chi connectivity index (χ0n) is 9.85. The van der Waals surface area contributed by atoms with E-state index in [2.05, 4.69) is 15.3 Å². The number of aromatic amines is 1. The number of fused-ring (bicyclic) bond motifs is 1. The molecule has 2 aromatic carbocycles. The van der Waals surface area contributed by atoms with Crippen LogP contribution in [0.15, 0.2) is 48.5 Å². The second-order valence-electron chi connectivity index (χ2n) is 4.04. The third-order valence-electron chi connectivity index (χ3n) is 2.73. The van der Waals surface area contributed by atoms with E-state index in [1.54, 1.807) is 18.2 Å². The van der Waals surface area contributed by atoms with Crippen molar-refractivity contribution >= 4 is 22.6 Å². The number of amides is 1. The lowest BCUT2D eigenvalue weighted by atomic mass is 10.3. The molecule has 0 aliphatic heterocycles. The lowest BCUT2D eigenvalue weighted by Crippen LogP contribution is -2.14. The fourth-order valence-corrected chi connectivity index (χ4v) is 1.80. The van der Waals surface area contributed by atoms with E-state index >= 15 is 0 Å². The summed E-state index contributed by atoms with van der Waals surface area (Å²) in [5, 5.41) is 2.48. The average molecular weight is 255 g/mol. The number of imidazole rings is 1. The highest BCUT2D eigenvalue weighted by molar-refractivity contribution is 6.03. The van der Waals surface area contributed by atoms with Crippen LogP contribution >= 0.6 is 0 Å². The molecule has 0 aliphatic carbocycles. The first kappa shape index (κ1) is 11.4. The Morgan fingerprint density at radius 3 is 2.63 bits per heavy atom. The molecule has 0 radical (unpaired) electrons. The Bertz CT molecular complexity index is 718. The number of carbonyl (C=O) groups is 1. The topological polar surface area (TPSA) is 57.8 Å². The molecule has 1 amide bonds. The summed E-state index contributed by atoms with van der Waals surface area (Å²) in [6.45, 7) is 0. The molecular weight excluding hydrogens is 245 g/mol. The van der Waals surface area contributed by atoms with Crippen LogP contribution in [-0.4, -0.2) is 15.9 Å². The minimum absolute atomic E-state index is 0.132. The van der Waals surface area contributed by atoms with Gasteiger partial charge in [-0.15, -0.1) is 0 Å². The highest BCUT2D eigenvalue weighted by atomic mass is 19.1. The number of hydrogen-bond acceptors (Lipinski definition) is 2. The summed E-state index contributed by atoms with van der Waals surface area (Å²) in [4.78, 5) is 19.0. The molecule has 0 fully saturated rings. The number of nitrogens with one attached hydrogen (secondary N) is 2. The number of para-hydroxylation sites is 3. The van der Waals surface area contributed by atoms with Gasteiger partial charge in [-0.1, -0.05) is 24.3 Å². The van der Waals surface area contributed by atoms with Crippen molar-refractivity contribution in [1.82, 2.24) is 9.97 Å². The molecule has 4 nitrogen and oxygen atoms in total. The molecule has 0 saturated heterocycles. The van der Waals surface area contributed by atoms with Crippen LogP contribution in [0.2, 0.25) is 0 Å². The molecule has 0 spiro atoms. The van der Waals surface area contributed by atoms with Crippen LogP contribution in [0.4, 0.5) is 10.1 Å². The highest BCUT2D eigenvalue weighted by Crippen LogP contribution is 2.15. The average Bonchev–Trinajstić information content (AvgIpc) is 2.85. The third kappa shape index (κ3) is 2.18. The fraction of sp³-hybridized carbons (Fsp3) is 0. The van der Waals surface area contributed by atoms with Gasteiger partial charge >= 0.3 is 0 Å². The van der Waals surface area contributed by atoms with Crippen molar-refractivity contribution in [3.8, 4) is 0 Å². The monoisotopic (exact) mass is 255 g/mol. The van der Waals surface area contributed by atoms with E-state index in [0.29, 0.717) is 5.52 Å². The van der Waals surface area contributed by atoms with E-state index in [4.69, 9.17) is 0 Å². The first-order chi connectivity index (χ1) is 9.24. The number of rotatable bonds is 2. The molecule has 0 aliphatic rings. The van der Waals surface area contributed by atoms with Crippen molar-refractivity contribution < 1.29 is 9.18 Å². The number of H-pyrrole nitrogens is 1.